The van der Waals surface area contributed by atoms with Crippen molar-refractivity contribution in [3.8, 4) is 0 Å². The molecule has 3 aromatic rings. The Labute approximate surface area is 223 Å². The summed E-state index contributed by atoms with van der Waals surface area (Å²) in [7, 11) is 0. The molecule has 0 bridgehead atoms. The van der Waals surface area contributed by atoms with Gasteiger partial charge in [0.25, 0.3) is 17.7 Å². The first kappa shape index (κ1) is 26.6. The van der Waals surface area contributed by atoms with Crippen molar-refractivity contribution in [1.29, 1.82) is 0 Å². The molecule has 1 aliphatic heterocycles. The van der Waals surface area contributed by atoms with Crippen molar-refractivity contribution < 1.29 is 28.3 Å². The van der Waals surface area contributed by atoms with Crippen LogP contribution in [-0.4, -0.2) is 30.3 Å². The van der Waals surface area contributed by atoms with Crippen LogP contribution in [0.5, 0.6) is 0 Å². The maximum atomic E-state index is 13.9. The number of amides is 3. The number of para-hydroxylation sites is 1. The number of ether oxygens (including phenoxy) is 1. The molecule has 0 aliphatic carbocycles. The second-order valence-corrected chi connectivity index (χ2v) is 8.69. The van der Waals surface area contributed by atoms with Crippen molar-refractivity contribution in [2.24, 2.45) is 0 Å². The van der Waals surface area contributed by atoms with Crippen LogP contribution in [0.25, 0.3) is 0 Å². The topological polar surface area (TPSA) is 105 Å². The first-order chi connectivity index (χ1) is 18.3. The smallest absolute Gasteiger partial charge is 0.338 e. The molecule has 2 N–H and O–H groups in total. The highest BCUT2D eigenvalue weighted by atomic mass is 35.5. The number of nitrogens with zero attached hydrogens (tertiary/aromatic N) is 1. The monoisotopic (exact) mass is 535 g/mol. The van der Waals surface area contributed by atoms with Crippen molar-refractivity contribution in [3.05, 3.63) is 100 Å². The summed E-state index contributed by atoms with van der Waals surface area (Å²) < 4.78 is 19.1. The minimum absolute atomic E-state index is 0.0223. The van der Waals surface area contributed by atoms with Crippen molar-refractivity contribution >= 4 is 52.4 Å². The molecule has 3 aromatic carbocycles. The van der Waals surface area contributed by atoms with Crippen LogP contribution < -0.4 is 15.5 Å². The van der Waals surface area contributed by atoms with Gasteiger partial charge in [-0.1, -0.05) is 43.1 Å². The lowest BCUT2D eigenvalue weighted by atomic mass is 10.1. The summed E-state index contributed by atoms with van der Waals surface area (Å²) >= 11 is 6.21. The fourth-order valence-electron chi connectivity index (χ4n) is 3.62. The van der Waals surface area contributed by atoms with Crippen molar-refractivity contribution in [1.82, 2.24) is 0 Å². The van der Waals surface area contributed by atoms with Crippen molar-refractivity contribution in [2.45, 2.75) is 19.8 Å². The quantitative estimate of drug-likeness (QED) is 0.214. The molecule has 0 saturated heterocycles. The average molecular weight is 536 g/mol. The zero-order valence-corrected chi connectivity index (χ0v) is 21.0. The van der Waals surface area contributed by atoms with Crippen LogP contribution in [0, 0.1) is 5.82 Å². The number of imide groups is 1. The van der Waals surface area contributed by atoms with Crippen LogP contribution in [0.4, 0.5) is 21.5 Å². The zero-order valence-electron chi connectivity index (χ0n) is 20.3. The Morgan fingerprint density at radius 2 is 1.68 bits per heavy atom. The molecule has 0 fully saturated rings. The number of anilines is 3. The van der Waals surface area contributed by atoms with E-state index in [1.165, 1.54) is 54.6 Å². The number of nitrogens with one attached hydrogen (secondary N) is 2. The molecule has 0 radical (unpaired) electrons. The van der Waals surface area contributed by atoms with Gasteiger partial charge in [0.1, 0.15) is 16.5 Å². The summed E-state index contributed by atoms with van der Waals surface area (Å²) in [5.41, 5.74) is 0.850. The molecule has 4 rings (SSSR count). The van der Waals surface area contributed by atoms with Crippen molar-refractivity contribution in [2.75, 3.05) is 22.1 Å². The van der Waals surface area contributed by atoms with Gasteiger partial charge >= 0.3 is 5.97 Å². The fourth-order valence-corrected chi connectivity index (χ4v) is 3.84. The predicted octanol–water partition coefficient (Wildman–Crippen LogP) is 5.47. The molecule has 0 atom stereocenters. The summed E-state index contributed by atoms with van der Waals surface area (Å²) in [5.74, 6) is -3.10. The zero-order chi connectivity index (χ0) is 27.2. The van der Waals surface area contributed by atoms with Gasteiger partial charge in [-0.2, -0.15) is 0 Å². The molecule has 3 amide bonds. The van der Waals surface area contributed by atoms with Crippen LogP contribution in [-0.2, 0) is 14.3 Å². The van der Waals surface area contributed by atoms with Crippen LogP contribution in [0.1, 0.15) is 40.5 Å². The van der Waals surface area contributed by atoms with Gasteiger partial charge in [-0.3, -0.25) is 14.4 Å². The lowest BCUT2D eigenvalue weighted by Gasteiger charge is -2.15. The van der Waals surface area contributed by atoms with E-state index < -0.39 is 29.5 Å². The molecule has 0 saturated carbocycles. The Hall–Kier alpha value is -4.50. The van der Waals surface area contributed by atoms with Crippen molar-refractivity contribution in [3.63, 3.8) is 0 Å². The minimum atomic E-state index is -0.745. The van der Waals surface area contributed by atoms with Gasteiger partial charge in [0.15, 0.2) is 0 Å². The maximum Gasteiger partial charge on any atom is 0.338 e. The highest BCUT2D eigenvalue weighted by molar-refractivity contribution is 6.53. The van der Waals surface area contributed by atoms with Gasteiger partial charge in [-0.25, -0.2) is 14.1 Å². The Kier molecular flexibility index (Phi) is 8.18. The molecular formula is C28H23ClFN3O5. The van der Waals surface area contributed by atoms with Gasteiger partial charge < -0.3 is 15.4 Å². The lowest BCUT2D eigenvalue weighted by molar-refractivity contribution is -0.120. The molecule has 0 aromatic heterocycles. The normalized spacial score (nSPS) is 13.1. The minimum Gasteiger partial charge on any atom is -0.462 e. The van der Waals surface area contributed by atoms with Crippen LogP contribution in [0.2, 0.25) is 0 Å². The molecule has 38 heavy (non-hydrogen) atoms. The van der Waals surface area contributed by atoms with E-state index in [9.17, 15) is 23.6 Å². The maximum absolute atomic E-state index is 13.9. The third kappa shape index (κ3) is 5.73. The van der Waals surface area contributed by atoms with E-state index >= 15 is 0 Å². The summed E-state index contributed by atoms with van der Waals surface area (Å²) in [6, 6.07) is 17.7. The second kappa shape index (κ2) is 11.7. The number of benzene rings is 3. The van der Waals surface area contributed by atoms with E-state index in [0.717, 1.165) is 17.7 Å². The van der Waals surface area contributed by atoms with Crippen LogP contribution >= 0.6 is 11.6 Å². The SMILES string of the molecule is CCCCOC(=O)c1ccc(N2C(=O)C(Cl)=C(Nc3cccc(C(=O)Nc4ccccc4F)c3)C2=O)cc1. The highest BCUT2D eigenvalue weighted by Crippen LogP contribution is 2.30. The molecular weight excluding hydrogens is 513 g/mol. The second-order valence-electron chi connectivity index (χ2n) is 8.31. The van der Waals surface area contributed by atoms with Gasteiger partial charge in [0.05, 0.1) is 23.5 Å². The molecule has 10 heteroatoms. The van der Waals surface area contributed by atoms with Gasteiger partial charge in [0, 0.05) is 11.3 Å². The molecule has 0 spiro atoms. The number of hydrogen-bond acceptors (Lipinski definition) is 6. The third-order valence-electron chi connectivity index (χ3n) is 5.64. The summed E-state index contributed by atoms with van der Waals surface area (Å²) in [6.07, 6.45) is 1.64. The lowest BCUT2D eigenvalue weighted by Crippen LogP contribution is -2.32. The highest BCUT2D eigenvalue weighted by Gasteiger charge is 2.39. The number of hydrogen-bond donors (Lipinski definition) is 2. The van der Waals surface area contributed by atoms with E-state index in [2.05, 4.69) is 10.6 Å². The first-order valence-electron chi connectivity index (χ1n) is 11.8. The Bertz CT molecular complexity index is 1440. The Morgan fingerprint density at radius 3 is 2.39 bits per heavy atom. The van der Waals surface area contributed by atoms with E-state index in [-0.39, 0.29) is 33.2 Å². The molecule has 8 nitrogen and oxygen atoms in total. The number of esters is 1. The van der Waals surface area contributed by atoms with E-state index in [1.807, 2.05) is 6.92 Å². The Morgan fingerprint density at radius 1 is 0.947 bits per heavy atom. The standard InChI is InChI=1S/C28H23ClFN3O5/c1-2-3-15-38-28(37)17-11-13-20(14-12-17)33-26(35)23(29)24(27(33)36)31-19-8-6-7-18(16-19)25(34)32-22-10-5-4-9-21(22)30/h4-14,16,31H,2-3,15H2,1H3,(H,32,34). The summed E-state index contributed by atoms with van der Waals surface area (Å²) in [4.78, 5) is 51.5. The van der Waals surface area contributed by atoms with Crippen LogP contribution in [0.15, 0.2) is 83.5 Å². The van der Waals surface area contributed by atoms with E-state index in [4.69, 9.17) is 16.3 Å². The predicted molar refractivity (Wildman–Crippen MR) is 141 cm³/mol. The fraction of sp³-hybridized carbons (Fsp3) is 0.143. The molecule has 1 aliphatic rings. The number of carbonyl (C=O) groups excluding carboxylic acids is 4. The third-order valence-corrected chi connectivity index (χ3v) is 5.99. The van der Waals surface area contributed by atoms with E-state index in [1.54, 1.807) is 18.2 Å². The van der Waals surface area contributed by atoms with Gasteiger partial charge in [-0.05, 0) is 61.0 Å². The molecule has 0 unspecified atom stereocenters. The summed E-state index contributed by atoms with van der Waals surface area (Å²) in [6.45, 7) is 2.29. The number of rotatable bonds is 9. The molecule has 194 valence electrons. The van der Waals surface area contributed by atoms with Crippen LogP contribution in [0.3, 0.4) is 0 Å². The summed E-state index contributed by atoms with van der Waals surface area (Å²) in [5, 5.41) is 4.96. The van der Waals surface area contributed by atoms with Gasteiger partial charge in [-0.15, -0.1) is 0 Å². The number of halogens is 2. The average Bonchev–Trinajstić information content (AvgIpc) is 3.13. The number of unbranched alkanes of at least 4 members (excludes halogenated alkanes) is 1. The van der Waals surface area contributed by atoms with Gasteiger partial charge in [0.2, 0.25) is 0 Å². The van der Waals surface area contributed by atoms with E-state index in [0.29, 0.717) is 12.3 Å². The number of carbonyl (C=O) groups is 4. The largest absolute Gasteiger partial charge is 0.462 e. The first-order valence-corrected chi connectivity index (χ1v) is 12.2. The molecule has 1 heterocycles. The Balaban J connectivity index is 1.47.